The maximum absolute atomic E-state index is 10.3. The molecule has 1 aromatic heterocycles. The Morgan fingerprint density at radius 1 is 0.630 bits per heavy atom. The van der Waals surface area contributed by atoms with Crippen molar-refractivity contribution in [3.05, 3.63) is 97.1 Å². The summed E-state index contributed by atoms with van der Waals surface area (Å²) in [5.74, 6) is 0.240. The summed E-state index contributed by atoms with van der Waals surface area (Å²) >= 11 is 0. The van der Waals surface area contributed by atoms with Crippen LogP contribution in [0.15, 0.2) is 97.1 Å². The van der Waals surface area contributed by atoms with Crippen LogP contribution in [0, 0.1) is 0 Å². The Hall–Kier alpha value is -3.65. The van der Waals surface area contributed by atoms with E-state index in [-0.39, 0.29) is 5.75 Å². The first kappa shape index (κ1) is 15.6. The van der Waals surface area contributed by atoms with Gasteiger partial charge in [-0.05, 0) is 46.2 Å². The van der Waals surface area contributed by atoms with Gasteiger partial charge in [0, 0.05) is 10.9 Å². The molecule has 2 nitrogen and oxygen atoms in total. The van der Waals surface area contributed by atoms with Gasteiger partial charge in [0.15, 0.2) is 0 Å². The molecule has 5 rings (SSSR count). The smallest absolute Gasteiger partial charge is 0.124 e. The van der Waals surface area contributed by atoms with Crippen LogP contribution < -0.4 is 0 Å². The highest BCUT2D eigenvalue weighted by molar-refractivity contribution is 6.13. The fourth-order valence-corrected chi connectivity index (χ4v) is 3.68. The summed E-state index contributed by atoms with van der Waals surface area (Å²) in [7, 11) is 0. The fourth-order valence-electron chi connectivity index (χ4n) is 3.68. The fraction of sp³-hybridized carbons (Fsp3) is 0. The van der Waals surface area contributed by atoms with Gasteiger partial charge in [-0.1, -0.05) is 72.8 Å². The highest BCUT2D eigenvalue weighted by atomic mass is 16.3. The molecule has 0 spiro atoms. The van der Waals surface area contributed by atoms with Crippen LogP contribution in [0.1, 0.15) is 0 Å². The third kappa shape index (κ3) is 2.63. The molecule has 1 heterocycles. The number of rotatable bonds is 2. The highest BCUT2D eigenvalue weighted by Gasteiger charge is 2.13. The zero-order chi connectivity index (χ0) is 18.2. The number of benzene rings is 4. The number of nitrogens with zero attached hydrogens (tertiary/aromatic N) is 1. The molecule has 0 saturated heterocycles. The number of aromatic hydroxyl groups is 1. The van der Waals surface area contributed by atoms with E-state index >= 15 is 0 Å². The summed E-state index contributed by atoms with van der Waals surface area (Å²) in [5.41, 5.74) is 4.70. The molecule has 27 heavy (non-hydrogen) atoms. The van der Waals surface area contributed by atoms with Gasteiger partial charge in [0.2, 0.25) is 0 Å². The number of phenols is 1. The first-order valence-corrected chi connectivity index (χ1v) is 8.97. The molecule has 0 bridgehead atoms. The van der Waals surface area contributed by atoms with Crippen molar-refractivity contribution in [1.82, 2.24) is 4.98 Å². The van der Waals surface area contributed by atoms with Gasteiger partial charge < -0.3 is 5.11 Å². The third-order valence-corrected chi connectivity index (χ3v) is 4.96. The molecular formula is C25H17NO. The predicted octanol–water partition coefficient (Wildman–Crippen LogP) is 6.43. The second kappa shape index (κ2) is 6.26. The Labute approximate surface area is 157 Å². The quantitative estimate of drug-likeness (QED) is 0.373. The Morgan fingerprint density at radius 2 is 1.37 bits per heavy atom. The molecule has 5 aromatic rings. The molecule has 2 heteroatoms. The summed E-state index contributed by atoms with van der Waals surface area (Å²) in [4.78, 5) is 4.88. The first-order chi connectivity index (χ1) is 13.3. The number of pyridine rings is 1. The molecule has 4 aromatic carbocycles. The van der Waals surface area contributed by atoms with E-state index in [1.165, 1.54) is 10.8 Å². The lowest BCUT2D eigenvalue weighted by Gasteiger charge is -2.13. The van der Waals surface area contributed by atoms with Gasteiger partial charge in [-0.15, -0.1) is 0 Å². The summed E-state index contributed by atoms with van der Waals surface area (Å²) in [5, 5.41) is 13.8. The van der Waals surface area contributed by atoms with Gasteiger partial charge in [0.1, 0.15) is 5.75 Å². The van der Waals surface area contributed by atoms with Crippen LogP contribution in [0.2, 0.25) is 0 Å². The summed E-state index contributed by atoms with van der Waals surface area (Å²) in [6.07, 6.45) is 0. The second-order valence-electron chi connectivity index (χ2n) is 6.62. The van der Waals surface area contributed by atoms with E-state index in [2.05, 4.69) is 54.6 Å². The topological polar surface area (TPSA) is 33.1 Å². The molecule has 1 N–H and O–H groups in total. The first-order valence-electron chi connectivity index (χ1n) is 8.97. The van der Waals surface area contributed by atoms with E-state index in [0.717, 1.165) is 33.3 Å². The average molecular weight is 347 g/mol. The van der Waals surface area contributed by atoms with E-state index in [4.69, 9.17) is 4.98 Å². The number of para-hydroxylation sites is 1. The van der Waals surface area contributed by atoms with Crippen LogP contribution in [0.5, 0.6) is 5.75 Å². The van der Waals surface area contributed by atoms with Crippen molar-refractivity contribution >= 4 is 21.7 Å². The average Bonchev–Trinajstić information content (AvgIpc) is 2.74. The monoisotopic (exact) mass is 347 g/mol. The van der Waals surface area contributed by atoms with Gasteiger partial charge >= 0.3 is 0 Å². The molecule has 128 valence electrons. The van der Waals surface area contributed by atoms with Crippen molar-refractivity contribution in [3.63, 3.8) is 0 Å². The lowest BCUT2D eigenvalue weighted by molar-refractivity contribution is 0.477. The Balaban J connectivity index is 1.92. The maximum atomic E-state index is 10.3. The number of aromatic nitrogens is 1. The highest BCUT2D eigenvalue weighted by Crippen LogP contribution is 2.38. The van der Waals surface area contributed by atoms with Crippen LogP contribution in [0.3, 0.4) is 0 Å². The Kier molecular flexibility index (Phi) is 3.61. The molecule has 0 unspecified atom stereocenters. The number of hydrogen-bond donors (Lipinski definition) is 1. The zero-order valence-corrected chi connectivity index (χ0v) is 14.6. The van der Waals surface area contributed by atoms with Gasteiger partial charge in [0.05, 0.1) is 11.2 Å². The molecular weight excluding hydrogens is 330 g/mol. The molecule has 0 saturated carbocycles. The molecule has 0 aliphatic rings. The van der Waals surface area contributed by atoms with Crippen LogP contribution in [0.25, 0.3) is 44.1 Å². The van der Waals surface area contributed by atoms with Gasteiger partial charge in [0.25, 0.3) is 0 Å². The van der Waals surface area contributed by atoms with Gasteiger partial charge in [-0.25, -0.2) is 4.98 Å². The van der Waals surface area contributed by atoms with E-state index in [9.17, 15) is 5.11 Å². The standard InChI is InChI=1S/C25H17NO/c27-24-13-7-6-12-20(24)23-16-21(17-8-2-1-3-9-17)25-19-11-5-4-10-18(19)14-15-22(25)26-23/h1-16,27H. The number of phenolic OH excluding ortho intramolecular Hbond substituents is 1. The van der Waals surface area contributed by atoms with Gasteiger partial charge in [-0.3, -0.25) is 0 Å². The van der Waals surface area contributed by atoms with Crippen LogP contribution in [0.4, 0.5) is 0 Å². The molecule has 0 amide bonds. The summed E-state index contributed by atoms with van der Waals surface area (Å²) in [6.45, 7) is 0. The number of hydrogen-bond acceptors (Lipinski definition) is 2. The van der Waals surface area contributed by atoms with Crippen molar-refractivity contribution in [2.24, 2.45) is 0 Å². The maximum Gasteiger partial charge on any atom is 0.124 e. The lowest BCUT2D eigenvalue weighted by Crippen LogP contribution is -1.91. The van der Waals surface area contributed by atoms with Crippen molar-refractivity contribution in [1.29, 1.82) is 0 Å². The van der Waals surface area contributed by atoms with Crippen LogP contribution in [-0.4, -0.2) is 10.1 Å². The zero-order valence-electron chi connectivity index (χ0n) is 14.6. The second-order valence-corrected chi connectivity index (χ2v) is 6.62. The molecule has 0 fully saturated rings. The van der Waals surface area contributed by atoms with Crippen molar-refractivity contribution in [3.8, 4) is 28.1 Å². The molecule has 0 radical (unpaired) electrons. The summed E-state index contributed by atoms with van der Waals surface area (Å²) in [6, 6.07) is 32.3. The minimum absolute atomic E-state index is 0.240. The lowest BCUT2D eigenvalue weighted by atomic mass is 9.94. The SMILES string of the molecule is Oc1ccccc1-c1cc(-c2ccccc2)c2c(ccc3ccccc32)n1. The Bertz CT molecular complexity index is 1280. The van der Waals surface area contributed by atoms with Crippen LogP contribution >= 0.6 is 0 Å². The number of fused-ring (bicyclic) bond motifs is 3. The minimum atomic E-state index is 0.240. The molecule has 0 aliphatic heterocycles. The molecule has 0 aliphatic carbocycles. The largest absolute Gasteiger partial charge is 0.507 e. The van der Waals surface area contributed by atoms with Crippen LogP contribution in [-0.2, 0) is 0 Å². The summed E-state index contributed by atoms with van der Waals surface area (Å²) < 4.78 is 0. The van der Waals surface area contributed by atoms with E-state index in [1.807, 2.05) is 36.4 Å². The predicted molar refractivity (Wildman–Crippen MR) is 112 cm³/mol. The van der Waals surface area contributed by atoms with Gasteiger partial charge in [-0.2, -0.15) is 0 Å². The third-order valence-electron chi connectivity index (χ3n) is 4.96. The van der Waals surface area contributed by atoms with E-state index < -0.39 is 0 Å². The van der Waals surface area contributed by atoms with Crippen molar-refractivity contribution < 1.29 is 5.11 Å². The Morgan fingerprint density at radius 3 is 2.22 bits per heavy atom. The minimum Gasteiger partial charge on any atom is -0.507 e. The van der Waals surface area contributed by atoms with E-state index in [1.54, 1.807) is 6.07 Å². The van der Waals surface area contributed by atoms with Crippen molar-refractivity contribution in [2.75, 3.05) is 0 Å². The normalized spacial score (nSPS) is 11.1. The molecule has 0 atom stereocenters. The van der Waals surface area contributed by atoms with Crippen molar-refractivity contribution in [2.45, 2.75) is 0 Å². The van der Waals surface area contributed by atoms with E-state index in [0.29, 0.717) is 0 Å².